The van der Waals surface area contributed by atoms with Crippen LogP contribution in [0.1, 0.15) is 19.3 Å². The average molecular weight is 216 g/mol. The van der Waals surface area contributed by atoms with E-state index in [1.54, 1.807) is 0 Å². The molecular weight excluding hydrogens is 196 g/mol. The molecule has 3 N–H and O–H groups in total. The predicted octanol–water partition coefficient (Wildman–Crippen LogP) is -0.494. The number of rotatable bonds is 6. The summed E-state index contributed by atoms with van der Waals surface area (Å²) in [6.45, 7) is 2.31. The predicted molar refractivity (Wildman–Crippen MR) is 56.8 cm³/mol. The van der Waals surface area contributed by atoms with Gasteiger partial charge in [0, 0.05) is 19.1 Å². The number of carboxylic acid groups (broad SMARTS) is 1. The summed E-state index contributed by atoms with van der Waals surface area (Å²) in [6.07, 6.45) is 1.43. The molecule has 1 aliphatic heterocycles. The molecule has 0 radical (unpaired) electrons. The molecule has 0 aromatic rings. The topological polar surface area (TPSA) is 72.8 Å². The Morgan fingerprint density at radius 3 is 2.93 bits per heavy atom. The first-order valence-electron chi connectivity index (χ1n) is 5.40. The molecule has 0 aromatic carbocycles. The van der Waals surface area contributed by atoms with Gasteiger partial charge in [-0.05, 0) is 26.4 Å². The lowest BCUT2D eigenvalue weighted by atomic mass is 10.2. The van der Waals surface area contributed by atoms with Gasteiger partial charge in [0.2, 0.25) is 0 Å². The molecule has 1 aliphatic rings. The van der Waals surface area contributed by atoms with Gasteiger partial charge in [-0.3, -0.25) is 4.79 Å². The normalized spacial score (nSPS) is 24.3. The molecule has 1 saturated heterocycles. The summed E-state index contributed by atoms with van der Waals surface area (Å²) >= 11 is 0. The first-order valence-corrected chi connectivity index (χ1v) is 5.40. The molecule has 0 amide bonds. The van der Waals surface area contributed by atoms with Crippen LogP contribution in [0.15, 0.2) is 0 Å². The lowest BCUT2D eigenvalue weighted by Crippen LogP contribution is -2.38. The third kappa shape index (κ3) is 4.59. The smallest absolute Gasteiger partial charge is 0.306 e. The zero-order chi connectivity index (χ0) is 11.3. The van der Waals surface area contributed by atoms with Crippen LogP contribution in [0.4, 0.5) is 0 Å². The largest absolute Gasteiger partial charge is 0.481 e. The van der Waals surface area contributed by atoms with E-state index in [0.29, 0.717) is 12.6 Å². The number of hydrogen-bond acceptors (Lipinski definition) is 4. The maximum atomic E-state index is 10.3. The standard InChI is InChI=1S/C10H20N2O3/c1-12-4-2-3-8(12)6-11-7-9(13)5-10(14)15/h8-9,11,13H,2-7H2,1H3,(H,14,15). The number of aliphatic hydroxyl groups is 1. The van der Waals surface area contributed by atoms with Gasteiger partial charge < -0.3 is 20.4 Å². The maximum absolute atomic E-state index is 10.3. The van der Waals surface area contributed by atoms with Crippen LogP contribution in [0, 0.1) is 0 Å². The van der Waals surface area contributed by atoms with Crippen molar-refractivity contribution in [3.05, 3.63) is 0 Å². The van der Waals surface area contributed by atoms with Gasteiger partial charge in [-0.1, -0.05) is 0 Å². The van der Waals surface area contributed by atoms with E-state index in [9.17, 15) is 9.90 Å². The van der Waals surface area contributed by atoms with E-state index in [0.717, 1.165) is 13.1 Å². The van der Waals surface area contributed by atoms with Gasteiger partial charge in [-0.15, -0.1) is 0 Å². The molecule has 5 heteroatoms. The second-order valence-corrected chi connectivity index (χ2v) is 4.19. The van der Waals surface area contributed by atoms with E-state index >= 15 is 0 Å². The average Bonchev–Trinajstić information content (AvgIpc) is 2.50. The van der Waals surface area contributed by atoms with Crippen LogP contribution < -0.4 is 5.32 Å². The highest BCUT2D eigenvalue weighted by Crippen LogP contribution is 2.13. The highest BCUT2D eigenvalue weighted by Gasteiger charge is 2.20. The van der Waals surface area contributed by atoms with Gasteiger partial charge >= 0.3 is 5.97 Å². The van der Waals surface area contributed by atoms with Crippen molar-refractivity contribution in [3.63, 3.8) is 0 Å². The molecule has 0 aliphatic carbocycles. The number of aliphatic hydroxyl groups excluding tert-OH is 1. The first kappa shape index (κ1) is 12.4. The third-order valence-corrected chi connectivity index (χ3v) is 2.84. The molecule has 88 valence electrons. The number of carboxylic acids is 1. The summed E-state index contributed by atoms with van der Waals surface area (Å²) in [5.41, 5.74) is 0. The van der Waals surface area contributed by atoms with Crippen molar-refractivity contribution in [2.45, 2.75) is 31.4 Å². The molecule has 2 atom stereocenters. The number of likely N-dealkylation sites (N-methyl/N-ethyl adjacent to an activating group) is 1. The van der Waals surface area contributed by atoms with Gasteiger partial charge in [0.25, 0.3) is 0 Å². The number of hydrogen-bond donors (Lipinski definition) is 3. The minimum Gasteiger partial charge on any atom is -0.481 e. The van der Waals surface area contributed by atoms with Crippen LogP contribution in [0.3, 0.4) is 0 Å². The summed E-state index contributed by atoms with van der Waals surface area (Å²) in [5.74, 6) is -0.956. The molecule has 15 heavy (non-hydrogen) atoms. The van der Waals surface area contributed by atoms with E-state index in [1.807, 2.05) is 0 Å². The fraction of sp³-hybridized carbons (Fsp3) is 0.900. The van der Waals surface area contributed by atoms with Crippen molar-refractivity contribution in [2.24, 2.45) is 0 Å². The van der Waals surface area contributed by atoms with Crippen LogP contribution in [0.25, 0.3) is 0 Å². The molecule has 5 nitrogen and oxygen atoms in total. The lowest BCUT2D eigenvalue weighted by Gasteiger charge is -2.20. The van der Waals surface area contributed by atoms with Crippen LogP contribution in [-0.4, -0.2) is 59.9 Å². The maximum Gasteiger partial charge on any atom is 0.306 e. The van der Waals surface area contributed by atoms with E-state index in [1.165, 1.54) is 12.8 Å². The van der Waals surface area contributed by atoms with E-state index < -0.39 is 12.1 Å². The van der Waals surface area contributed by atoms with Gasteiger partial charge in [-0.2, -0.15) is 0 Å². The number of nitrogens with one attached hydrogen (secondary N) is 1. The second-order valence-electron chi connectivity index (χ2n) is 4.19. The van der Waals surface area contributed by atoms with Crippen molar-refractivity contribution >= 4 is 5.97 Å². The molecule has 1 rings (SSSR count). The fourth-order valence-corrected chi connectivity index (χ4v) is 1.93. The molecule has 0 bridgehead atoms. The quantitative estimate of drug-likeness (QED) is 0.558. The monoisotopic (exact) mass is 216 g/mol. The molecule has 1 heterocycles. The minimum atomic E-state index is -0.956. The Morgan fingerprint density at radius 1 is 1.67 bits per heavy atom. The second kappa shape index (κ2) is 6.05. The third-order valence-electron chi connectivity index (χ3n) is 2.84. The summed E-state index contributed by atoms with van der Waals surface area (Å²) < 4.78 is 0. The summed E-state index contributed by atoms with van der Waals surface area (Å²) in [4.78, 5) is 12.6. The molecule has 1 fully saturated rings. The number of aliphatic carboxylic acids is 1. The Morgan fingerprint density at radius 2 is 2.40 bits per heavy atom. The van der Waals surface area contributed by atoms with E-state index in [2.05, 4.69) is 17.3 Å². The van der Waals surface area contributed by atoms with Gasteiger partial charge in [-0.25, -0.2) is 0 Å². The molecule has 2 unspecified atom stereocenters. The summed E-state index contributed by atoms with van der Waals surface area (Å²) in [6, 6.07) is 0.530. The van der Waals surface area contributed by atoms with Crippen molar-refractivity contribution in [3.8, 4) is 0 Å². The van der Waals surface area contributed by atoms with Crippen LogP contribution >= 0.6 is 0 Å². The summed E-state index contributed by atoms with van der Waals surface area (Å²) in [7, 11) is 2.09. The zero-order valence-electron chi connectivity index (χ0n) is 9.15. The van der Waals surface area contributed by atoms with Gasteiger partial charge in [0.1, 0.15) is 0 Å². The molecule has 0 spiro atoms. The Bertz CT molecular complexity index is 211. The lowest BCUT2D eigenvalue weighted by molar-refractivity contribution is -0.139. The summed E-state index contributed by atoms with van der Waals surface area (Å²) in [5, 5.41) is 20.9. The Balaban J connectivity index is 2.07. The van der Waals surface area contributed by atoms with Crippen molar-refractivity contribution < 1.29 is 15.0 Å². The van der Waals surface area contributed by atoms with Gasteiger partial charge in [0.05, 0.1) is 12.5 Å². The zero-order valence-corrected chi connectivity index (χ0v) is 9.15. The fourth-order valence-electron chi connectivity index (χ4n) is 1.93. The Labute approximate surface area is 90.1 Å². The van der Waals surface area contributed by atoms with Crippen LogP contribution in [0.2, 0.25) is 0 Å². The van der Waals surface area contributed by atoms with Crippen molar-refractivity contribution in [1.82, 2.24) is 10.2 Å². The van der Waals surface area contributed by atoms with Crippen molar-refractivity contribution in [1.29, 1.82) is 0 Å². The van der Waals surface area contributed by atoms with Crippen molar-refractivity contribution in [2.75, 3.05) is 26.7 Å². The van der Waals surface area contributed by atoms with Gasteiger partial charge in [0.15, 0.2) is 0 Å². The minimum absolute atomic E-state index is 0.187. The van der Waals surface area contributed by atoms with E-state index in [4.69, 9.17) is 5.11 Å². The first-order chi connectivity index (χ1) is 7.09. The SMILES string of the molecule is CN1CCCC1CNCC(O)CC(=O)O. The molecule has 0 saturated carbocycles. The van der Waals surface area contributed by atoms with E-state index in [-0.39, 0.29) is 6.42 Å². The Kier molecular flexibility index (Phi) is 5.01. The number of nitrogens with zero attached hydrogens (tertiary/aromatic N) is 1. The number of carbonyl (C=O) groups is 1. The number of likely N-dealkylation sites (tertiary alicyclic amines) is 1. The van der Waals surface area contributed by atoms with Crippen LogP contribution in [0.5, 0.6) is 0 Å². The molecular formula is C10H20N2O3. The molecule has 0 aromatic heterocycles. The van der Waals surface area contributed by atoms with Crippen LogP contribution in [-0.2, 0) is 4.79 Å². The highest BCUT2D eigenvalue weighted by molar-refractivity contribution is 5.67. The highest BCUT2D eigenvalue weighted by atomic mass is 16.4. The Hall–Kier alpha value is -0.650.